The van der Waals surface area contributed by atoms with E-state index in [2.05, 4.69) is 35.6 Å². The van der Waals surface area contributed by atoms with Gasteiger partial charge in [-0.25, -0.2) is 4.68 Å². The minimum Gasteiger partial charge on any atom is -0.367 e. The maximum Gasteiger partial charge on any atom is 0.240 e. The van der Waals surface area contributed by atoms with Gasteiger partial charge < -0.3 is 5.73 Å². The van der Waals surface area contributed by atoms with Crippen molar-refractivity contribution < 1.29 is 0 Å². The van der Waals surface area contributed by atoms with Gasteiger partial charge in [0.1, 0.15) is 0 Å². The minimum absolute atomic E-state index is 0.198. The van der Waals surface area contributed by atoms with Crippen LogP contribution in [0.2, 0.25) is 0 Å². The Morgan fingerprint density at radius 3 is 2.43 bits per heavy atom. The van der Waals surface area contributed by atoms with Gasteiger partial charge in [-0.3, -0.25) is 0 Å². The van der Waals surface area contributed by atoms with E-state index in [1.165, 1.54) is 0 Å². The van der Waals surface area contributed by atoms with Crippen LogP contribution in [0.4, 0.5) is 5.95 Å². The largest absolute Gasteiger partial charge is 0.367 e. The van der Waals surface area contributed by atoms with Crippen LogP contribution in [0.1, 0.15) is 26.7 Å². The molecule has 1 aromatic heterocycles. The third-order valence-electron chi connectivity index (χ3n) is 2.72. The third-order valence-corrected chi connectivity index (χ3v) is 4.29. The highest BCUT2D eigenvalue weighted by molar-refractivity contribution is 8.00. The summed E-state index contributed by atoms with van der Waals surface area (Å²) < 4.78 is 1.87. The predicted octanol–water partition coefficient (Wildman–Crippen LogP) is 1.18. The van der Waals surface area contributed by atoms with Crippen LogP contribution in [0, 0.1) is 0 Å². The van der Waals surface area contributed by atoms with Crippen LogP contribution >= 0.6 is 11.8 Å². The average molecular weight is 215 g/mol. The summed E-state index contributed by atoms with van der Waals surface area (Å²) in [5, 5.41) is 11.1. The van der Waals surface area contributed by atoms with Crippen LogP contribution in [-0.4, -0.2) is 31.2 Å². The average Bonchev–Trinajstić information content (AvgIpc) is 2.61. The minimum atomic E-state index is 0.198. The smallest absolute Gasteiger partial charge is 0.240 e. The number of hydrogen-bond acceptors (Lipinski definition) is 5. The SMILES string of the molecule is CCC(CC)(Cn1nnnc1N)SC. The fourth-order valence-electron chi connectivity index (χ4n) is 1.42. The molecule has 0 aliphatic rings. The highest BCUT2D eigenvalue weighted by Crippen LogP contribution is 2.32. The summed E-state index contributed by atoms with van der Waals surface area (Å²) in [6.45, 7) is 5.14. The molecule has 0 radical (unpaired) electrons. The summed E-state index contributed by atoms with van der Waals surface area (Å²) in [6.07, 6.45) is 4.29. The number of nitrogens with zero attached hydrogens (tertiary/aromatic N) is 4. The van der Waals surface area contributed by atoms with E-state index in [1.54, 1.807) is 4.68 Å². The van der Waals surface area contributed by atoms with Gasteiger partial charge in [0.2, 0.25) is 5.95 Å². The molecule has 6 heteroatoms. The van der Waals surface area contributed by atoms with E-state index in [-0.39, 0.29) is 4.75 Å². The van der Waals surface area contributed by atoms with E-state index in [4.69, 9.17) is 5.73 Å². The van der Waals surface area contributed by atoms with E-state index in [9.17, 15) is 0 Å². The fraction of sp³-hybridized carbons (Fsp3) is 0.875. The number of thioether (sulfide) groups is 1. The first-order valence-electron chi connectivity index (χ1n) is 4.74. The molecule has 0 aromatic carbocycles. The molecular weight excluding hydrogens is 198 g/mol. The number of nitrogen functional groups attached to an aromatic ring is 1. The van der Waals surface area contributed by atoms with E-state index < -0.39 is 0 Å². The first-order chi connectivity index (χ1) is 6.67. The highest BCUT2D eigenvalue weighted by atomic mass is 32.2. The van der Waals surface area contributed by atoms with Crippen molar-refractivity contribution in [3.63, 3.8) is 0 Å². The molecule has 0 aliphatic carbocycles. The quantitative estimate of drug-likeness (QED) is 0.798. The molecule has 1 aromatic rings. The second-order valence-electron chi connectivity index (χ2n) is 3.29. The Labute approximate surface area is 88.4 Å². The van der Waals surface area contributed by atoms with Crippen molar-refractivity contribution in [3.8, 4) is 0 Å². The molecule has 0 aliphatic heterocycles. The Morgan fingerprint density at radius 1 is 1.43 bits per heavy atom. The lowest BCUT2D eigenvalue weighted by Crippen LogP contribution is -2.30. The first-order valence-corrected chi connectivity index (χ1v) is 5.96. The number of hydrogen-bond donors (Lipinski definition) is 1. The van der Waals surface area contributed by atoms with E-state index in [0.29, 0.717) is 5.95 Å². The zero-order chi connectivity index (χ0) is 10.6. The van der Waals surface area contributed by atoms with Crippen molar-refractivity contribution >= 4 is 17.7 Å². The second-order valence-corrected chi connectivity index (χ2v) is 4.56. The highest BCUT2D eigenvalue weighted by Gasteiger charge is 2.26. The van der Waals surface area contributed by atoms with Crippen molar-refractivity contribution in [2.24, 2.45) is 0 Å². The van der Waals surface area contributed by atoms with Crippen LogP contribution < -0.4 is 5.73 Å². The second kappa shape index (κ2) is 4.63. The summed E-state index contributed by atoms with van der Waals surface area (Å²) in [5.41, 5.74) is 5.63. The van der Waals surface area contributed by atoms with Crippen LogP contribution in [0.15, 0.2) is 0 Å². The zero-order valence-corrected chi connectivity index (χ0v) is 9.71. The molecule has 2 N–H and O–H groups in total. The number of nitrogens with two attached hydrogens (primary N) is 1. The molecule has 1 rings (SSSR count). The van der Waals surface area contributed by atoms with Gasteiger partial charge in [0.15, 0.2) is 0 Å². The molecule has 0 bridgehead atoms. The zero-order valence-electron chi connectivity index (χ0n) is 8.90. The Hall–Kier alpha value is -0.780. The number of anilines is 1. The van der Waals surface area contributed by atoms with Gasteiger partial charge >= 0.3 is 0 Å². The summed E-state index contributed by atoms with van der Waals surface area (Å²) in [7, 11) is 0. The molecule has 0 spiro atoms. The Kier molecular flexibility index (Phi) is 3.74. The van der Waals surface area contributed by atoms with E-state index in [1.807, 2.05) is 11.8 Å². The molecule has 0 saturated carbocycles. The fourth-order valence-corrected chi connectivity index (χ4v) is 2.25. The van der Waals surface area contributed by atoms with Crippen molar-refractivity contribution in [2.45, 2.75) is 38.0 Å². The summed E-state index contributed by atoms with van der Waals surface area (Å²) in [6, 6.07) is 0. The lowest BCUT2D eigenvalue weighted by atomic mass is 10.0. The van der Waals surface area contributed by atoms with Gasteiger partial charge in [0, 0.05) is 4.75 Å². The van der Waals surface area contributed by atoms with Crippen molar-refractivity contribution in [3.05, 3.63) is 0 Å². The van der Waals surface area contributed by atoms with Gasteiger partial charge in [0.25, 0.3) is 0 Å². The normalized spacial score (nSPS) is 11.9. The van der Waals surface area contributed by atoms with Gasteiger partial charge in [-0.15, -0.1) is 0 Å². The van der Waals surface area contributed by atoms with E-state index >= 15 is 0 Å². The van der Waals surface area contributed by atoms with Gasteiger partial charge in [-0.1, -0.05) is 18.9 Å². The van der Waals surface area contributed by atoms with Crippen LogP contribution in [0.25, 0.3) is 0 Å². The number of aromatic nitrogens is 4. The monoisotopic (exact) mass is 215 g/mol. The third kappa shape index (κ3) is 2.17. The summed E-state index contributed by atoms with van der Waals surface area (Å²) in [4.78, 5) is 0. The number of tetrazole rings is 1. The molecule has 0 atom stereocenters. The molecule has 0 saturated heterocycles. The first kappa shape index (κ1) is 11.3. The maximum atomic E-state index is 5.63. The lowest BCUT2D eigenvalue weighted by molar-refractivity contribution is 0.436. The van der Waals surface area contributed by atoms with Crippen LogP contribution in [-0.2, 0) is 6.54 Å². The molecule has 5 nitrogen and oxygen atoms in total. The molecule has 0 unspecified atom stereocenters. The molecule has 0 fully saturated rings. The van der Waals surface area contributed by atoms with Crippen molar-refractivity contribution in [1.29, 1.82) is 0 Å². The Morgan fingerprint density at radius 2 is 2.07 bits per heavy atom. The van der Waals surface area contributed by atoms with Crippen molar-refractivity contribution in [2.75, 3.05) is 12.0 Å². The topological polar surface area (TPSA) is 69.6 Å². The number of rotatable bonds is 5. The van der Waals surface area contributed by atoms with E-state index in [0.717, 1.165) is 19.4 Å². The standard InChI is InChI=1S/C8H17N5S/c1-4-8(5-2,14-3)6-13-7(9)10-11-12-13/h4-6H2,1-3H3,(H2,9,10,12). The van der Waals surface area contributed by atoms with Gasteiger partial charge in [0.05, 0.1) is 6.54 Å². The maximum absolute atomic E-state index is 5.63. The molecule has 80 valence electrons. The Balaban J connectivity index is 2.79. The molecule has 0 amide bonds. The van der Waals surface area contributed by atoms with Gasteiger partial charge in [-0.05, 0) is 29.5 Å². The Bertz CT molecular complexity index is 273. The predicted molar refractivity (Wildman–Crippen MR) is 59.1 cm³/mol. The summed E-state index contributed by atoms with van der Waals surface area (Å²) in [5.74, 6) is 0.394. The van der Waals surface area contributed by atoms with Crippen LogP contribution in [0.5, 0.6) is 0 Å². The molecular formula is C8H17N5S. The summed E-state index contributed by atoms with van der Waals surface area (Å²) >= 11 is 1.85. The lowest BCUT2D eigenvalue weighted by Gasteiger charge is -2.29. The molecule has 14 heavy (non-hydrogen) atoms. The van der Waals surface area contributed by atoms with Gasteiger partial charge in [-0.2, -0.15) is 11.8 Å². The molecule has 1 heterocycles. The van der Waals surface area contributed by atoms with Crippen molar-refractivity contribution in [1.82, 2.24) is 20.2 Å². The van der Waals surface area contributed by atoms with Crippen LogP contribution in [0.3, 0.4) is 0 Å².